The molecule has 0 aromatic rings. The predicted molar refractivity (Wildman–Crippen MR) is 50.9 cm³/mol. The van der Waals surface area contributed by atoms with Gasteiger partial charge in [-0.15, -0.1) is 0 Å². The first-order chi connectivity index (χ1) is 6.60. The molecule has 0 aliphatic rings. The summed E-state index contributed by atoms with van der Waals surface area (Å²) >= 11 is 0. The van der Waals surface area contributed by atoms with Crippen molar-refractivity contribution < 1.29 is 19.4 Å². The fraction of sp³-hybridized carbons (Fsp3) is 0.778. The third-order valence-electron chi connectivity index (χ3n) is 1.90. The second-order valence-corrected chi connectivity index (χ2v) is 3.11. The van der Waals surface area contributed by atoms with Crippen LogP contribution in [0.15, 0.2) is 0 Å². The summed E-state index contributed by atoms with van der Waals surface area (Å²) in [4.78, 5) is 21.4. The van der Waals surface area contributed by atoms with Gasteiger partial charge in [0.1, 0.15) is 6.61 Å². The lowest BCUT2D eigenvalue weighted by Gasteiger charge is -2.12. The summed E-state index contributed by atoms with van der Waals surface area (Å²) in [5.74, 6) is -1.05. The fourth-order valence-electron chi connectivity index (χ4n) is 1.05. The molecule has 0 fully saturated rings. The monoisotopic (exact) mass is 203 g/mol. The molecular formula is C9H17NO4. The van der Waals surface area contributed by atoms with E-state index in [4.69, 9.17) is 5.11 Å². The molecule has 5 heteroatoms. The fourth-order valence-corrected chi connectivity index (χ4v) is 1.05. The van der Waals surface area contributed by atoms with Gasteiger partial charge in [0.15, 0.2) is 0 Å². The van der Waals surface area contributed by atoms with Crippen LogP contribution in [0, 0.1) is 5.92 Å². The van der Waals surface area contributed by atoms with E-state index in [0.29, 0.717) is 6.54 Å². The minimum absolute atomic E-state index is 0.00620. The summed E-state index contributed by atoms with van der Waals surface area (Å²) in [5.41, 5.74) is 0. The summed E-state index contributed by atoms with van der Waals surface area (Å²) < 4.78 is 4.62. The molecule has 5 nitrogen and oxygen atoms in total. The molecule has 14 heavy (non-hydrogen) atoms. The Morgan fingerprint density at radius 1 is 1.50 bits per heavy atom. The molecule has 0 aromatic carbocycles. The molecule has 0 spiro atoms. The Labute approximate surface area is 83.4 Å². The number of carboxylic acid groups (broad SMARTS) is 1. The zero-order valence-corrected chi connectivity index (χ0v) is 8.58. The van der Waals surface area contributed by atoms with Gasteiger partial charge >= 0.3 is 5.97 Å². The summed E-state index contributed by atoms with van der Waals surface area (Å²) in [5, 5.41) is 11.2. The van der Waals surface area contributed by atoms with Gasteiger partial charge < -0.3 is 15.2 Å². The van der Waals surface area contributed by atoms with E-state index in [9.17, 15) is 9.59 Å². The Morgan fingerprint density at radius 3 is 2.57 bits per heavy atom. The average Bonchev–Trinajstić information content (AvgIpc) is 2.12. The first kappa shape index (κ1) is 12.9. The van der Waals surface area contributed by atoms with Crippen LogP contribution in [-0.2, 0) is 14.3 Å². The number of carbonyl (C=O) groups excluding carboxylic acids is 1. The lowest BCUT2D eigenvalue weighted by molar-refractivity contribution is -0.138. The summed E-state index contributed by atoms with van der Waals surface area (Å²) in [7, 11) is 1.44. The van der Waals surface area contributed by atoms with Crippen LogP contribution in [0.2, 0.25) is 0 Å². The van der Waals surface area contributed by atoms with E-state index < -0.39 is 5.97 Å². The molecule has 0 saturated heterocycles. The van der Waals surface area contributed by atoms with Crippen LogP contribution in [-0.4, -0.2) is 37.2 Å². The second kappa shape index (κ2) is 7.32. The Bertz CT molecular complexity index is 193. The standard InChI is InChI=1S/C9H17NO4/c1-3-7(4-9(12)13)5-10-8(11)6-14-2/h7H,3-6H2,1-2H3,(H,10,11)(H,12,13). The smallest absolute Gasteiger partial charge is 0.303 e. The van der Waals surface area contributed by atoms with Crippen molar-refractivity contribution in [1.29, 1.82) is 0 Å². The third kappa shape index (κ3) is 6.42. The van der Waals surface area contributed by atoms with Gasteiger partial charge in [-0.25, -0.2) is 0 Å². The highest BCUT2D eigenvalue weighted by Crippen LogP contribution is 2.06. The van der Waals surface area contributed by atoms with Crippen LogP contribution in [0.4, 0.5) is 0 Å². The van der Waals surface area contributed by atoms with E-state index in [0.717, 1.165) is 6.42 Å². The van der Waals surface area contributed by atoms with Gasteiger partial charge in [0.2, 0.25) is 5.91 Å². The van der Waals surface area contributed by atoms with Crippen LogP contribution in [0.5, 0.6) is 0 Å². The summed E-state index contributed by atoms with van der Waals surface area (Å²) in [6.07, 6.45) is 0.823. The second-order valence-electron chi connectivity index (χ2n) is 3.11. The molecule has 0 radical (unpaired) electrons. The number of nitrogens with one attached hydrogen (secondary N) is 1. The summed E-state index contributed by atoms with van der Waals surface area (Å²) in [6.45, 7) is 2.31. The van der Waals surface area contributed by atoms with Gasteiger partial charge in [-0.2, -0.15) is 0 Å². The van der Waals surface area contributed by atoms with Crippen molar-refractivity contribution in [3.8, 4) is 0 Å². The number of rotatable bonds is 7. The van der Waals surface area contributed by atoms with E-state index >= 15 is 0 Å². The highest BCUT2D eigenvalue weighted by atomic mass is 16.5. The number of carbonyl (C=O) groups is 2. The predicted octanol–water partition coefficient (Wildman–Crippen LogP) is 0.250. The SMILES string of the molecule is CCC(CNC(=O)COC)CC(=O)O. The average molecular weight is 203 g/mol. The third-order valence-corrected chi connectivity index (χ3v) is 1.90. The van der Waals surface area contributed by atoms with Crippen molar-refractivity contribution in [3.05, 3.63) is 0 Å². The number of carboxylic acids is 1. The van der Waals surface area contributed by atoms with Crippen molar-refractivity contribution in [2.45, 2.75) is 19.8 Å². The Balaban J connectivity index is 3.71. The van der Waals surface area contributed by atoms with Gasteiger partial charge in [-0.1, -0.05) is 13.3 Å². The van der Waals surface area contributed by atoms with Crippen molar-refractivity contribution in [1.82, 2.24) is 5.32 Å². The van der Waals surface area contributed by atoms with Crippen LogP contribution >= 0.6 is 0 Å². The Kier molecular flexibility index (Phi) is 6.74. The minimum atomic E-state index is -0.835. The van der Waals surface area contributed by atoms with Crippen molar-refractivity contribution in [2.75, 3.05) is 20.3 Å². The maximum atomic E-state index is 11.0. The van der Waals surface area contributed by atoms with Crippen molar-refractivity contribution >= 4 is 11.9 Å². The number of hydrogen-bond acceptors (Lipinski definition) is 3. The molecule has 0 rings (SSSR count). The van der Waals surface area contributed by atoms with Gasteiger partial charge in [-0.05, 0) is 5.92 Å². The molecule has 0 aliphatic heterocycles. The van der Waals surface area contributed by atoms with Crippen molar-refractivity contribution in [3.63, 3.8) is 0 Å². The number of methoxy groups -OCH3 is 1. The maximum absolute atomic E-state index is 11.0. The van der Waals surface area contributed by atoms with E-state index in [1.807, 2.05) is 6.92 Å². The van der Waals surface area contributed by atoms with Gasteiger partial charge in [0.25, 0.3) is 0 Å². The maximum Gasteiger partial charge on any atom is 0.303 e. The lowest BCUT2D eigenvalue weighted by atomic mass is 10.0. The normalized spacial score (nSPS) is 12.1. The highest BCUT2D eigenvalue weighted by molar-refractivity contribution is 5.77. The molecule has 0 aliphatic carbocycles. The quantitative estimate of drug-likeness (QED) is 0.622. The molecule has 0 bridgehead atoms. The minimum Gasteiger partial charge on any atom is -0.481 e. The zero-order valence-electron chi connectivity index (χ0n) is 8.58. The summed E-state index contributed by atoms with van der Waals surface area (Å²) in [6, 6.07) is 0. The van der Waals surface area contributed by atoms with Gasteiger partial charge in [0.05, 0.1) is 0 Å². The number of amides is 1. The lowest BCUT2D eigenvalue weighted by Crippen LogP contribution is -2.32. The van der Waals surface area contributed by atoms with E-state index in [-0.39, 0.29) is 24.9 Å². The number of aliphatic carboxylic acids is 1. The highest BCUT2D eigenvalue weighted by Gasteiger charge is 2.11. The van der Waals surface area contributed by atoms with Gasteiger partial charge in [0, 0.05) is 20.1 Å². The molecule has 0 heterocycles. The largest absolute Gasteiger partial charge is 0.481 e. The van der Waals surface area contributed by atoms with Crippen LogP contribution in [0.25, 0.3) is 0 Å². The number of hydrogen-bond donors (Lipinski definition) is 2. The number of ether oxygens (including phenoxy) is 1. The topological polar surface area (TPSA) is 75.6 Å². The molecule has 0 saturated carbocycles. The molecular weight excluding hydrogens is 186 g/mol. The van der Waals surface area contributed by atoms with E-state index in [1.54, 1.807) is 0 Å². The van der Waals surface area contributed by atoms with E-state index in [2.05, 4.69) is 10.1 Å². The zero-order chi connectivity index (χ0) is 11.0. The molecule has 2 N–H and O–H groups in total. The molecule has 82 valence electrons. The molecule has 1 amide bonds. The Morgan fingerprint density at radius 2 is 2.14 bits per heavy atom. The first-order valence-electron chi connectivity index (χ1n) is 4.57. The molecule has 1 unspecified atom stereocenters. The van der Waals surface area contributed by atoms with Crippen LogP contribution < -0.4 is 5.32 Å². The first-order valence-corrected chi connectivity index (χ1v) is 4.57. The van der Waals surface area contributed by atoms with Crippen molar-refractivity contribution in [2.24, 2.45) is 5.92 Å². The Hall–Kier alpha value is -1.10. The van der Waals surface area contributed by atoms with E-state index in [1.165, 1.54) is 7.11 Å². The molecule has 0 aromatic heterocycles. The van der Waals surface area contributed by atoms with Crippen LogP contribution in [0.3, 0.4) is 0 Å². The van der Waals surface area contributed by atoms with Gasteiger partial charge in [-0.3, -0.25) is 9.59 Å². The molecule has 1 atom stereocenters. The van der Waals surface area contributed by atoms with Crippen LogP contribution in [0.1, 0.15) is 19.8 Å².